The SMILES string of the molecule is Cc1cc(C(C)(CNC(=O)[C@H]2CCNC2)c2ccccc2)ccc1F. The first-order valence-corrected chi connectivity index (χ1v) is 8.81. The van der Waals surface area contributed by atoms with Crippen LogP contribution in [0.25, 0.3) is 0 Å². The summed E-state index contributed by atoms with van der Waals surface area (Å²) in [6.07, 6.45) is 0.879. The largest absolute Gasteiger partial charge is 0.355 e. The van der Waals surface area contributed by atoms with Crippen LogP contribution in [0.3, 0.4) is 0 Å². The molecule has 1 aliphatic heterocycles. The van der Waals surface area contributed by atoms with Crippen molar-refractivity contribution < 1.29 is 9.18 Å². The molecule has 0 saturated carbocycles. The van der Waals surface area contributed by atoms with Crippen LogP contribution in [-0.4, -0.2) is 25.5 Å². The molecule has 0 aliphatic carbocycles. The van der Waals surface area contributed by atoms with E-state index in [1.807, 2.05) is 30.3 Å². The molecule has 1 heterocycles. The van der Waals surface area contributed by atoms with Gasteiger partial charge < -0.3 is 10.6 Å². The highest BCUT2D eigenvalue weighted by Crippen LogP contribution is 2.32. The van der Waals surface area contributed by atoms with E-state index in [-0.39, 0.29) is 17.6 Å². The predicted octanol–water partition coefficient (Wildman–Crippen LogP) is 3.17. The number of hydrogen-bond donors (Lipinski definition) is 2. The minimum atomic E-state index is -0.415. The predicted molar refractivity (Wildman–Crippen MR) is 98.0 cm³/mol. The summed E-state index contributed by atoms with van der Waals surface area (Å²) in [6, 6.07) is 15.3. The molecular weight excluding hydrogens is 315 g/mol. The van der Waals surface area contributed by atoms with Crippen molar-refractivity contribution in [1.82, 2.24) is 10.6 Å². The summed E-state index contributed by atoms with van der Waals surface area (Å²) in [6.45, 7) is 5.99. The number of rotatable bonds is 5. The Bertz CT molecular complexity index is 741. The van der Waals surface area contributed by atoms with Gasteiger partial charge in [-0.15, -0.1) is 0 Å². The Morgan fingerprint density at radius 1 is 1.24 bits per heavy atom. The van der Waals surface area contributed by atoms with E-state index in [4.69, 9.17) is 0 Å². The molecule has 2 N–H and O–H groups in total. The zero-order chi connectivity index (χ0) is 17.9. The van der Waals surface area contributed by atoms with Crippen LogP contribution in [0.4, 0.5) is 4.39 Å². The second-order valence-electron chi connectivity index (χ2n) is 7.07. The van der Waals surface area contributed by atoms with E-state index in [2.05, 4.69) is 29.7 Å². The van der Waals surface area contributed by atoms with E-state index in [9.17, 15) is 9.18 Å². The van der Waals surface area contributed by atoms with Gasteiger partial charge in [-0.2, -0.15) is 0 Å². The summed E-state index contributed by atoms with van der Waals surface area (Å²) in [5.41, 5.74) is 2.31. The third-order valence-electron chi connectivity index (χ3n) is 5.25. The Kier molecular flexibility index (Phi) is 5.19. The molecule has 0 bridgehead atoms. The molecule has 3 nitrogen and oxygen atoms in total. The zero-order valence-electron chi connectivity index (χ0n) is 14.8. The van der Waals surface area contributed by atoms with Crippen LogP contribution in [0.15, 0.2) is 48.5 Å². The van der Waals surface area contributed by atoms with Crippen molar-refractivity contribution in [2.45, 2.75) is 25.7 Å². The summed E-state index contributed by atoms with van der Waals surface area (Å²) in [5, 5.41) is 6.35. The molecule has 1 amide bonds. The van der Waals surface area contributed by atoms with Crippen LogP contribution in [0.5, 0.6) is 0 Å². The average Bonchev–Trinajstić information content (AvgIpc) is 3.17. The van der Waals surface area contributed by atoms with Crippen molar-refractivity contribution in [3.63, 3.8) is 0 Å². The highest BCUT2D eigenvalue weighted by molar-refractivity contribution is 5.79. The molecule has 3 rings (SSSR count). The zero-order valence-corrected chi connectivity index (χ0v) is 14.8. The fourth-order valence-electron chi connectivity index (χ4n) is 3.45. The summed E-state index contributed by atoms with van der Waals surface area (Å²) in [4.78, 5) is 12.5. The van der Waals surface area contributed by atoms with E-state index in [0.29, 0.717) is 12.1 Å². The molecule has 132 valence electrons. The van der Waals surface area contributed by atoms with Gasteiger partial charge in [0.2, 0.25) is 5.91 Å². The molecule has 0 spiro atoms. The number of aryl methyl sites for hydroxylation is 1. The number of amides is 1. The van der Waals surface area contributed by atoms with E-state index >= 15 is 0 Å². The van der Waals surface area contributed by atoms with Crippen molar-refractivity contribution in [2.24, 2.45) is 5.92 Å². The van der Waals surface area contributed by atoms with Crippen molar-refractivity contribution in [2.75, 3.05) is 19.6 Å². The summed E-state index contributed by atoms with van der Waals surface area (Å²) in [7, 11) is 0. The van der Waals surface area contributed by atoms with E-state index in [0.717, 1.165) is 30.6 Å². The quantitative estimate of drug-likeness (QED) is 0.878. The molecule has 2 aromatic rings. The van der Waals surface area contributed by atoms with Gasteiger partial charge in [0.05, 0.1) is 5.92 Å². The first-order chi connectivity index (χ1) is 12.0. The van der Waals surface area contributed by atoms with Gasteiger partial charge >= 0.3 is 0 Å². The lowest BCUT2D eigenvalue weighted by Gasteiger charge is -2.32. The van der Waals surface area contributed by atoms with Crippen molar-refractivity contribution in [1.29, 1.82) is 0 Å². The van der Waals surface area contributed by atoms with Crippen LogP contribution >= 0.6 is 0 Å². The molecule has 2 aromatic carbocycles. The molecule has 1 saturated heterocycles. The number of benzene rings is 2. The number of carbonyl (C=O) groups is 1. The van der Waals surface area contributed by atoms with Crippen molar-refractivity contribution in [3.05, 3.63) is 71.0 Å². The maximum absolute atomic E-state index is 13.7. The van der Waals surface area contributed by atoms with Gasteiger partial charge in [-0.25, -0.2) is 4.39 Å². The molecule has 2 atom stereocenters. The minimum absolute atomic E-state index is 0.0370. The van der Waals surface area contributed by atoms with Gasteiger partial charge in [-0.05, 0) is 49.6 Å². The third kappa shape index (κ3) is 3.74. The smallest absolute Gasteiger partial charge is 0.224 e. The number of halogens is 1. The highest BCUT2D eigenvalue weighted by Gasteiger charge is 2.31. The lowest BCUT2D eigenvalue weighted by molar-refractivity contribution is -0.124. The van der Waals surface area contributed by atoms with Gasteiger partial charge in [0, 0.05) is 18.5 Å². The monoisotopic (exact) mass is 340 g/mol. The number of nitrogens with one attached hydrogen (secondary N) is 2. The molecule has 1 fully saturated rings. The van der Waals surface area contributed by atoms with Gasteiger partial charge in [0.25, 0.3) is 0 Å². The van der Waals surface area contributed by atoms with Gasteiger partial charge in [-0.1, -0.05) is 42.5 Å². The second-order valence-corrected chi connectivity index (χ2v) is 7.07. The van der Waals surface area contributed by atoms with Crippen LogP contribution < -0.4 is 10.6 Å². The highest BCUT2D eigenvalue weighted by atomic mass is 19.1. The lowest BCUT2D eigenvalue weighted by atomic mass is 9.75. The summed E-state index contributed by atoms with van der Waals surface area (Å²) < 4.78 is 13.7. The van der Waals surface area contributed by atoms with E-state index in [1.165, 1.54) is 6.07 Å². The maximum Gasteiger partial charge on any atom is 0.224 e. The summed E-state index contributed by atoms with van der Waals surface area (Å²) >= 11 is 0. The fraction of sp³-hybridized carbons (Fsp3) is 0.381. The lowest BCUT2D eigenvalue weighted by Crippen LogP contribution is -2.42. The third-order valence-corrected chi connectivity index (χ3v) is 5.25. The fourth-order valence-corrected chi connectivity index (χ4v) is 3.45. The van der Waals surface area contributed by atoms with Crippen molar-refractivity contribution in [3.8, 4) is 0 Å². The van der Waals surface area contributed by atoms with E-state index in [1.54, 1.807) is 6.92 Å². The molecule has 0 aromatic heterocycles. The molecular formula is C21H25FN2O. The Labute approximate surface area is 148 Å². The standard InChI is InChI=1S/C21H25FN2O/c1-15-12-18(8-9-19(15)22)21(2,17-6-4-3-5-7-17)14-24-20(25)16-10-11-23-13-16/h3-9,12,16,23H,10-11,13-14H2,1-2H3,(H,24,25)/t16-,21?/m0/s1. The average molecular weight is 340 g/mol. The molecule has 0 radical (unpaired) electrons. The first-order valence-electron chi connectivity index (χ1n) is 8.81. The van der Waals surface area contributed by atoms with E-state index < -0.39 is 5.41 Å². The normalized spacial score (nSPS) is 19.4. The Balaban J connectivity index is 1.89. The Hall–Kier alpha value is -2.20. The second kappa shape index (κ2) is 7.36. The maximum atomic E-state index is 13.7. The van der Waals surface area contributed by atoms with Crippen LogP contribution in [-0.2, 0) is 10.2 Å². The minimum Gasteiger partial charge on any atom is -0.355 e. The first kappa shape index (κ1) is 17.6. The number of carbonyl (C=O) groups excluding carboxylic acids is 1. The van der Waals surface area contributed by atoms with Gasteiger partial charge in [0.15, 0.2) is 0 Å². The molecule has 1 unspecified atom stereocenters. The summed E-state index contributed by atoms with van der Waals surface area (Å²) in [5.74, 6) is -0.0822. The Morgan fingerprint density at radius 3 is 2.64 bits per heavy atom. The van der Waals surface area contributed by atoms with Gasteiger partial charge in [0.1, 0.15) is 5.82 Å². The molecule has 1 aliphatic rings. The van der Waals surface area contributed by atoms with Crippen LogP contribution in [0.2, 0.25) is 0 Å². The van der Waals surface area contributed by atoms with Crippen LogP contribution in [0, 0.1) is 18.7 Å². The molecule has 4 heteroatoms. The topological polar surface area (TPSA) is 41.1 Å². The molecule has 25 heavy (non-hydrogen) atoms. The van der Waals surface area contributed by atoms with Gasteiger partial charge in [-0.3, -0.25) is 4.79 Å². The van der Waals surface area contributed by atoms with Crippen LogP contribution in [0.1, 0.15) is 30.0 Å². The Morgan fingerprint density at radius 2 is 2.00 bits per heavy atom. The van der Waals surface area contributed by atoms with Crippen molar-refractivity contribution >= 4 is 5.91 Å². The number of hydrogen-bond acceptors (Lipinski definition) is 2.